The molecule has 0 aliphatic rings. The fraction of sp³-hybridized carbons (Fsp3) is 0.143. The van der Waals surface area contributed by atoms with E-state index in [9.17, 15) is 0 Å². The van der Waals surface area contributed by atoms with Crippen molar-refractivity contribution >= 4 is 40.2 Å². The van der Waals surface area contributed by atoms with E-state index in [0.717, 1.165) is 22.2 Å². The summed E-state index contributed by atoms with van der Waals surface area (Å²) in [5, 5.41) is 0.963. The second kappa shape index (κ2) is 4.96. The number of pyridine rings is 1. The fourth-order valence-electron chi connectivity index (χ4n) is 2.14. The molecule has 0 fully saturated rings. The Morgan fingerprint density at radius 2 is 2.00 bits per heavy atom. The second-order valence-corrected chi connectivity index (χ2v) is 5.43. The lowest BCUT2D eigenvalue weighted by Crippen LogP contribution is -2.06. The maximum Gasteiger partial charge on any atom is 0.201 e. The van der Waals surface area contributed by atoms with Gasteiger partial charge in [0.1, 0.15) is 0 Å². The molecule has 6 heteroatoms. The summed E-state index contributed by atoms with van der Waals surface area (Å²) in [5.41, 5.74) is 9.83. The SMILES string of the molecule is Cc1ccncc1Cn1c(N)nc2cc(Cl)c(Cl)cc21. The number of aromatic nitrogens is 3. The van der Waals surface area contributed by atoms with Gasteiger partial charge in [-0.2, -0.15) is 0 Å². The standard InChI is InChI=1S/C14H12Cl2N4/c1-8-2-3-18-6-9(8)7-20-13-5-11(16)10(15)4-12(13)19-14(20)17/h2-6H,7H2,1H3,(H2,17,19). The average molecular weight is 307 g/mol. The predicted octanol–water partition coefficient (Wildman–Crippen LogP) is 3.68. The smallest absolute Gasteiger partial charge is 0.201 e. The van der Waals surface area contributed by atoms with Crippen LogP contribution < -0.4 is 5.73 Å². The van der Waals surface area contributed by atoms with Gasteiger partial charge in [0, 0.05) is 12.4 Å². The molecule has 0 unspecified atom stereocenters. The Hall–Kier alpha value is -1.78. The van der Waals surface area contributed by atoms with Gasteiger partial charge in [0.15, 0.2) is 0 Å². The summed E-state index contributed by atoms with van der Waals surface area (Å²) < 4.78 is 1.90. The molecular formula is C14H12Cl2N4. The molecule has 0 bridgehead atoms. The molecule has 2 heterocycles. The average Bonchev–Trinajstić information content (AvgIpc) is 2.69. The number of benzene rings is 1. The number of rotatable bonds is 2. The molecule has 1 aromatic carbocycles. The Morgan fingerprint density at radius 1 is 1.25 bits per heavy atom. The van der Waals surface area contributed by atoms with E-state index in [1.165, 1.54) is 0 Å². The first kappa shape index (κ1) is 13.2. The number of imidazole rings is 1. The third-order valence-corrected chi connectivity index (χ3v) is 4.02. The summed E-state index contributed by atoms with van der Waals surface area (Å²) in [6.45, 7) is 2.64. The molecule has 0 amide bonds. The molecule has 0 saturated heterocycles. The number of hydrogen-bond donors (Lipinski definition) is 1. The summed E-state index contributed by atoms with van der Waals surface area (Å²) in [5.74, 6) is 0.432. The highest BCUT2D eigenvalue weighted by atomic mass is 35.5. The van der Waals surface area contributed by atoms with Gasteiger partial charge in [0.25, 0.3) is 0 Å². The minimum absolute atomic E-state index is 0.432. The lowest BCUT2D eigenvalue weighted by atomic mass is 10.1. The van der Waals surface area contributed by atoms with Crippen molar-refractivity contribution in [3.05, 3.63) is 51.8 Å². The van der Waals surface area contributed by atoms with Crippen molar-refractivity contribution in [3.63, 3.8) is 0 Å². The van der Waals surface area contributed by atoms with Gasteiger partial charge in [-0.3, -0.25) is 4.98 Å². The van der Waals surface area contributed by atoms with E-state index in [2.05, 4.69) is 9.97 Å². The van der Waals surface area contributed by atoms with Crippen molar-refractivity contribution in [2.24, 2.45) is 0 Å². The second-order valence-electron chi connectivity index (χ2n) is 4.61. The van der Waals surface area contributed by atoms with Crippen molar-refractivity contribution < 1.29 is 0 Å². The van der Waals surface area contributed by atoms with Crippen LogP contribution in [0.1, 0.15) is 11.1 Å². The lowest BCUT2D eigenvalue weighted by Gasteiger charge is -2.09. The Kier molecular flexibility index (Phi) is 3.28. The Bertz CT molecular complexity index is 795. The fourth-order valence-corrected chi connectivity index (χ4v) is 2.45. The number of nitrogens with zero attached hydrogens (tertiary/aromatic N) is 3. The number of fused-ring (bicyclic) bond motifs is 1. The van der Waals surface area contributed by atoms with Crippen LogP contribution in [0.3, 0.4) is 0 Å². The van der Waals surface area contributed by atoms with E-state index in [4.69, 9.17) is 28.9 Å². The van der Waals surface area contributed by atoms with Crippen molar-refractivity contribution in [3.8, 4) is 0 Å². The predicted molar refractivity (Wildman–Crippen MR) is 82.2 cm³/mol. The lowest BCUT2D eigenvalue weighted by molar-refractivity contribution is 0.826. The third-order valence-electron chi connectivity index (χ3n) is 3.30. The van der Waals surface area contributed by atoms with Gasteiger partial charge in [-0.1, -0.05) is 23.2 Å². The van der Waals surface area contributed by atoms with Crippen LogP contribution in [0.15, 0.2) is 30.6 Å². The van der Waals surface area contributed by atoms with Crippen LogP contribution in [-0.2, 0) is 6.54 Å². The first-order valence-electron chi connectivity index (χ1n) is 6.06. The Morgan fingerprint density at radius 3 is 2.75 bits per heavy atom. The molecule has 0 aliphatic carbocycles. The van der Waals surface area contributed by atoms with Gasteiger partial charge in [-0.15, -0.1) is 0 Å². The van der Waals surface area contributed by atoms with Gasteiger partial charge in [-0.25, -0.2) is 4.98 Å². The van der Waals surface area contributed by atoms with Crippen molar-refractivity contribution in [2.75, 3.05) is 5.73 Å². The number of nitrogens with two attached hydrogens (primary N) is 1. The molecule has 4 nitrogen and oxygen atoms in total. The summed E-state index contributed by atoms with van der Waals surface area (Å²) in [7, 11) is 0. The first-order valence-corrected chi connectivity index (χ1v) is 6.82. The molecule has 0 radical (unpaired) electrons. The van der Waals surface area contributed by atoms with Gasteiger partial charge in [0.2, 0.25) is 5.95 Å². The highest BCUT2D eigenvalue weighted by molar-refractivity contribution is 6.42. The van der Waals surface area contributed by atoms with Gasteiger partial charge < -0.3 is 10.3 Å². The van der Waals surface area contributed by atoms with E-state index < -0.39 is 0 Å². The van der Waals surface area contributed by atoms with E-state index in [1.807, 2.05) is 23.8 Å². The third kappa shape index (κ3) is 2.21. The molecule has 0 atom stereocenters. The monoisotopic (exact) mass is 306 g/mol. The molecular weight excluding hydrogens is 295 g/mol. The molecule has 0 saturated carbocycles. The van der Waals surface area contributed by atoms with Crippen LogP contribution in [-0.4, -0.2) is 14.5 Å². The molecule has 0 spiro atoms. The minimum Gasteiger partial charge on any atom is -0.369 e. The highest BCUT2D eigenvalue weighted by Crippen LogP contribution is 2.29. The number of aryl methyl sites for hydroxylation is 1. The van der Waals surface area contributed by atoms with E-state index in [-0.39, 0.29) is 0 Å². The Labute approximate surface area is 126 Å². The Balaban J connectivity index is 2.14. The summed E-state index contributed by atoms with van der Waals surface area (Å²) in [4.78, 5) is 8.46. The van der Waals surface area contributed by atoms with Crippen LogP contribution in [0.4, 0.5) is 5.95 Å². The normalized spacial score (nSPS) is 11.2. The maximum absolute atomic E-state index is 6.08. The summed E-state index contributed by atoms with van der Waals surface area (Å²) in [6, 6.07) is 5.48. The minimum atomic E-state index is 0.432. The van der Waals surface area contributed by atoms with Crippen molar-refractivity contribution in [1.82, 2.24) is 14.5 Å². The van der Waals surface area contributed by atoms with Crippen LogP contribution in [0.5, 0.6) is 0 Å². The van der Waals surface area contributed by atoms with Crippen LogP contribution >= 0.6 is 23.2 Å². The molecule has 102 valence electrons. The number of hydrogen-bond acceptors (Lipinski definition) is 3. The zero-order chi connectivity index (χ0) is 14.3. The topological polar surface area (TPSA) is 56.7 Å². The summed E-state index contributed by atoms with van der Waals surface area (Å²) >= 11 is 12.1. The van der Waals surface area contributed by atoms with E-state index in [0.29, 0.717) is 22.5 Å². The van der Waals surface area contributed by atoms with Crippen molar-refractivity contribution in [2.45, 2.75) is 13.5 Å². The van der Waals surface area contributed by atoms with Crippen LogP contribution in [0, 0.1) is 6.92 Å². The number of nitrogen functional groups attached to an aromatic ring is 1. The molecule has 2 aromatic heterocycles. The quantitative estimate of drug-likeness (QED) is 0.786. The van der Waals surface area contributed by atoms with Crippen LogP contribution in [0.2, 0.25) is 10.0 Å². The molecule has 3 rings (SSSR count). The first-order chi connectivity index (χ1) is 9.56. The number of halogens is 2. The van der Waals surface area contributed by atoms with Gasteiger partial charge >= 0.3 is 0 Å². The van der Waals surface area contributed by atoms with E-state index >= 15 is 0 Å². The molecule has 0 aliphatic heterocycles. The largest absolute Gasteiger partial charge is 0.369 e. The summed E-state index contributed by atoms with van der Waals surface area (Å²) in [6.07, 6.45) is 3.60. The molecule has 20 heavy (non-hydrogen) atoms. The molecule has 3 aromatic rings. The van der Waals surface area contributed by atoms with Crippen molar-refractivity contribution in [1.29, 1.82) is 0 Å². The zero-order valence-electron chi connectivity index (χ0n) is 10.8. The molecule has 2 N–H and O–H groups in total. The zero-order valence-corrected chi connectivity index (χ0v) is 12.3. The van der Waals surface area contributed by atoms with Gasteiger partial charge in [0.05, 0.1) is 27.6 Å². The van der Waals surface area contributed by atoms with E-state index in [1.54, 1.807) is 18.3 Å². The highest BCUT2D eigenvalue weighted by Gasteiger charge is 2.12. The van der Waals surface area contributed by atoms with Gasteiger partial charge in [-0.05, 0) is 36.2 Å². The van der Waals surface area contributed by atoms with Crippen LogP contribution in [0.25, 0.3) is 11.0 Å². The maximum atomic E-state index is 6.08. The number of anilines is 1.